The summed E-state index contributed by atoms with van der Waals surface area (Å²) >= 11 is 1.56. The summed E-state index contributed by atoms with van der Waals surface area (Å²) in [5.41, 5.74) is 0.636. The number of rotatable bonds is 3. The van der Waals surface area contributed by atoms with E-state index in [9.17, 15) is 19.7 Å². The van der Waals surface area contributed by atoms with Gasteiger partial charge in [-0.25, -0.2) is 0 Å². The molecular formula is C17H17N3O4S. The number of hydrogen-bond acceptors (Lipinski definition) is 5. The number of benzene rings is 1. The van der Waals surface area contributed by atoms with E-state index in [4.69, 9.17) is 0 Å². The SMILES string of the molecule is Cc1ccc(NC(=O)C(=O)N2CCC[C@H]2c2cccs2)cc1[N+](=O)[O-]. The zero-order valence-electron chi connectivity index (χ0n) is 13.6. The summed E-state index contributed by atoms with van der Waals surface area (Å²) in [4.78, 5) is 38.0. The van der Waals surface area contributed by atoms with E-state index in [-0.39, 0.29) is 17.4 Å². The van der Waals surface area contributed by atoms with Gasteiger partial charge in [-0.15, -0.1) is 11.3 Å². The van der Waals surface area contributed by atoms with E-state index < -0.39 is 16.7 Å². The summed E-state index contributed by atoms with van der Waals surface area (Å²) in [5, 5.41) is 15.4. The average molecular weight is 359 g/mol. The Morgan fingerprint density at radius 2 is 2.16 bits per heavy atom. The summed E-state index contributed by atoms with van der Waals surface area (Å²) in [6.45, 7) is 2.15. The van der Waals surface area contributed by atoms with Crippen LogP contribution in [0.2, 0.25) is 0 Å². The van der Waals surface area contributed by atoms with E-state index in [1.165, 1.54) is 6.07 Å². The average Bonchev–Trinajstić information content (AvgIpc) is 3.26. The Balaban J connectivity index is 1.74. The van der Waals surface area contributed by atoms with Gasteiger partial charge in [-0.3, -0.25) is 19.7 Å². The molecule has 0 bridgehead atoms. The van der Waals surface area contributed by atoms with E-state index >= 15 is 0 Å². The molecule has 0 unspecified atom stereocenters. The minimum absolute atomic E-state index is 0.0781. The Kier molecular flexibility index (Phi) is 4.80. The molecule has 1 saturated heterocycles. The van der Waals surface area contributed by atoms with Crippen molar-refractivity contribution in [3.05, 3.63) is 56.3 Å². The van der Waals surface area contributed by atoms with E-state index in [2.05, 4.69) is 5.32 Å². The van der Waals surface area contributed by atoms with Gasteiger partial charge in [0.25, 0.3) is 5.69 Å². The molecule has 2 aromatic rings. The topological polar surface area (TPSA) is 92.6 Å². The van der Waals surface area contributed by atoms with Crippen molar-refractivity contribution < 1.29 is 14.5 Å². The van der Waals surface area contributed by atoms with Crippen molar-refractivity contribution in [2.24, 2.45) is 0 Å². The molecule has 1 aromatic heterocycles. The van der Waals surface area contributed by atoms with Gasteiger partial charge in [-0.05, 0) is 37.3 Å². The largest absolute Gasteiger partial charge is 0.327 e. The summed E-state index contributed by atoms with van der Waals surface area (Å²) in [6, 6.07) is 8.16. The van der Waals surface area contributed by atoms with E-state index in [0.717, 1.165) is 17.7 Å². The molecule has 0 radical (unpaired) electrons. The van der Waals surface area contributed by atoms with E-state index in [0.29, 0.717) is 12.1 Å². The standard InChI is InChI=1S/C17H17N3O4S/c1-11-6-7-12(10-14(11)20(23)24)18-16(21)17(22)19-8-2-4-13(19)15-5-3-9-25-15/h3,5-7,9-10,13H,2,4,8H2,1H3,(H,18,21)/t13-/m0/s1. The maximum Gasteiger partial charge on any atom is 0.313 e. The number of nitro groups is 1. The Morgan fingerprint density at radius 3 is 2.84 bits per heavy atom. The number of anilines is 1. The number of thiophene rings is 1. The van der Waals surface area contributed by atoms with Gasteiger partial charge in [0.05, 0.1) is 11.0 Å². The molecule has 0 saturated carbocycles. The van der Waals surface area contributed by atoms with Crippen LogP contribution in [0.3, 0.4) is 0 Å². The van der Waals surface area contributed by atoms with E-state index in [1.807, 2.05) is 17.5 Å². The first-order valence-corrected chi connectivity index (χ1v) is 8.75. The second-order valence-corrected chi connectivity index (χ2v) is 6.86. The molecule has 3 rings (SSSR count). The lowest BCUT2D eigenvalue weighted by Gasteiger charge is -2.23. The number of nitrogens with zero attached hydrogens (tertiary/aromatic N) is 2. The molecule has 1 aliphatic rings. The first-order valence-electron chi connectivity index (χ1n) is 7.88. The van der Waals surface area contributed by atoms with Gasteiger partial charge < -0.3 is 10.2 Å². The molecule has 25 heavy (non-hydrogen) atoms. The third-order valence-electron chi connectivity index (χ3n) is 4.24. The minimum atomic E-state index is -0.776. The zero-order valence-corrected chi connectivity index (χ0v) is 14.4. The molecule has 0 aliphatic carbocycles. The van der Waals surface area contributed by atoms with Crippen molar-refractivity contribution >= 4 is 34.5 Å². The van der Waals surface area contributed by atoms with Crippen LogP contribution in [0.25, 0.3) is 0 Å². The summed E-state index contributed by atoms with van der Waals surface area (Å²) < 4.78 is 0. The number of carbonyl (C=O) groups is 2. The molecule has 1 N–H and O–H groups in total. The number of aryl methyl sites for hydroxylation is 1. The molecule has 1 aromatic carbocycles. The van der Waals surface area contributed by atoms with Crippen LogP contribution in [-0.4, -0.2) is 28.2 Å². The van der Waals surface area contributed by atoms with Gasteiger partial charge in [0.2, 0.25) is 0 Å². The smallest absolute Gasteiger partial charge is 0.313 e. The predicted molar refractivity (Wildman–Crippen MR) is 94.5 cm³/mol. The molecular weight excluding hydrogens is 342 g/mol. The van der Waals surface area contributed by atoms with Gasteiger partial charge in [-0.1, -0.05) is 12.1 Å². The van der Waals surface area contributed by atoms with Crippen molar-refractivity contribution in [2.75, 3.05) is 11.9 Å². The second kappa shape index (κ2) is 7.02. The van der Waals surface area contributed by atoms with Crippen LogP contribution in [0.1, 0.15) is 29.3 Å². The molecule has 8 heteroatoms. The van der Waals surface area contributed by atoms with Crippen LogP contribution >= 0.6 is 11.3 Å². The lowest BCUT2D eigenvalue weighted by atomic mass is 10.1. The van der Waals surface area contributed by atoms with Crippen molar-refractivity contribution in [3.8, 4) is 0 Å². The van der Waals surface area contributed by atoms with Gasteiger partial charge >= 0.3 is 11.8 Å². The fourth-order valence-corrected chi connectivity index (χ4v) is 3.86. The third-order valence-corrected chi connectivity index (χ3v) is 5.22. The number of amides is 2. The first-order chi connectivity index (χ1) is 12.0. The number of hydrogen-bond donors (Lipinski definition) is 1. The van der Waals surface area contributed by atoms with Gasteiger partial charge in [0, 0.05) is 28.7 Å². The molecule has 1 atom stereocenters. The molecule has 2 heterocycles. The van der Waals surface area contributed by atoms with Crippen molar-refractivity contribution in [1.29, 1.82) is 0 Å². The Bertz CT molecular complexity index is 819. The Hall–Kier alpha value is -2.74. The minimum Gasteiger partial charge on any atom is -0.327 e. The predicted octanol–water partition coefficient (Wildman–Crippen LogP) is 3.27. The Labute approximate surface area is 148 Å². The first kappa shape index (κ1) is 17.1. The highest BCUT2D eigenvalue weighted by Crippen LogP contribution is 2.34. The monoisotopic (exact) mass is 359 g/mol. The van der Waals surface area contributed by atoms with Gasteiger partial charge in [0.15, 0.2) is 0 Å². The highest BCUT2D eigenvalue weighted by Gasteiger charge is 2.34. The van der Waals surface area contributed by atoms with Crippen LogP contribution in [0, 0.1) is 17.0 Å². The molecule has 1 aliphatic heterocycles. The number of carbonyl (C=O) groups excluding carboxylic acids is 2. The number of nitro benzene ring substituents is 1. The lowest BCUT2D eigenvalue weighted by molar-refractivity contribution is -0.385. The van der Waals surface area contributed by atoms with Crippen molar-refractivity contribution in [2.45, 2.75) is 25.8 Å². The summed E-state index contributed by atoms with van der Waals surface area (Å²) in [7, 11) is 0. The van der Waals surface area contributed by atoms with Crippen LogP contribution in [0.5, 0.6) is 0 Å². The highest BCUT2D eigenvalue weighted by molar-refractivity contribution is 7.10. The van der Waals surface area contributed by atoms with E-state index in [1.54, 1.807) is 35.3 Å². The molecule has 1 fully saturated rings. The van der Waals surface area contributed by atoms with Crippen molar-refractivity contribution in [3.63, 3.8) is 0 Å². The molecule has 130 valence electrons. The Morgan fingerprint density at radius 1 is 1.36 bits per heavy atom. The summed E-state index contributed by atoms with van der Waals surface area (Å²) in [6.07, 6.45) is 1.67. The molecule has 2 amide bonds. The number of nitrogens with one attached hydrogen (secondary N) is 1. The van der Waals surface area contributed by atoms with Crippen LogP contribution in [-0.2, 0) is 9.59 Å². The fraction of sp³-hybridized carbons (Fsp3) is 0.294. The third kappa shape index (κ3) is 3.53. The lowest BCUT2D eigenvalue weighted by Crippen LogP contribution is -2.39. The summed E-state index contributed by atoms with van der Waals surface area (Å²) in [5.74, 6) is -1.39. The normalized spacial score (nSPS) is 16.7. The molecule has 7 nitrogen and oxygen atoms in total. The fourth-order valence-electron chi connectivity index (χ4n) is 2.99. The maximum absolute atomic E-state index is 12.5. The molecule has 0 spiro atoms. The second-order valence-electron chi connectivity index (χ2n) is 5.88. The maximum atomic E-state index is 12.5. The van der Waals surface area contributed by atoms with Gasteiger partial charge in [0.1, 0.15) is 0 Å². The van der Waals surface area contributed by atoms with Crippen molar-refractivity contribution in [1.82, 2.24) is 4.90 Å². The zero-order chi connectivity index (χ0) is 18.0. The quantitative estimate of drug-likeness (QED) is 0.517. The highest BCUT2D eigenvalue weighted by atomic mass is 32.1. The van der Waals surface area contributed by atoms with Crippen LogP contribution in [0.4, 0.5) is 11.4 Å². The van der Waals surface area contributed by atoms with Crippen LogP contribution < -0.4 is 5.32 Å². The van der Waals surface area contributed by atoms with Gasteiger partial charge in [-0.2, -0.15) is 0 Å². The number of likely N-dealkylation sites (tertiary alicyclic amines) is 1. The van der Waals surface area contributed by atoms with Crippen LogP contribution in [0.15, 0.2) is 35.7 Å².